The van der Waals surface area contributed by atoms with Crippen molar-refractivity contribution in [2.45, 2.75) is 46.5 Å². The van der Waals surface area contributed by atoms with Crippen LogP contribution in [0, 0.1) is 17.8 Å². The van der Waals surface area contributed by atoms with Crippen LogP contribution in [0.15, 0.2) is 11.4 Å². The third kappa shape index (κ3) is 2.79. The lowest BCUT2D eigenvalue weighted by Crippen LogP contribution is -2.26. The molecule has 1 fully saturated rings. The summed E-state index contributed by atoms with van der Waals surface area (Å²) in [6.07, 6.45) is 4.44. The summed E-state index contributed by atoms with van der Waals surface area (Å²) < 4.78 is 0. The van der Waals surface area contributed by atoms with E-state index in [0.29, 0.717) is 17.6 Å². The van der Waals surface area contributed by atoms with Gasteiger partial charge in [0.15, 0.2) is 5.78 Å². The molecule has 0 bridgehead atoms. The van der Waals surface area contributed by atoms with Crippen molar-refractivity contribution in [1.29, 1.82) is 0 Å². The summed E-state index contributed by atoms with van der Waals surface area (Å²) in [5.41, 5.74) is 1.24. The summed E-state index contributed by atoms with van der Waals surface area (Å²) in [7, 11) is 0. The van der Waals surface area contributed by atoms with Crippen LogP contribution in [0.1, 0.15) is 55.3 Å². The molecule has 1 heterocycles. The Hall–Kier alpha value is -0.630. The van der Waals surface area contributed by atoms with E-state index in [1.54, 1.807) is 11.3 Å². The van der Waals surface area contributed by atoms with Crippen molar-refractivity contribution in [1.82, 2.24) is 0 Å². The first-order valence-electron chi connectivity index (χ1n) is 6.72. The maximum atomic E-state index is 12.5. The number of hydrogen-bond donors (Lipinski definition) is 0. The van der Waals surface area contributed by atoms with Gasteiger partial charge < -0.3 is 0 Å². The molecule has 0 spiro atoms. The second-order valence-corrected chi connectivity index (χ2v) is 6.52. The van der Waals surface area contributed by atoms with E-state index >= 15 is 0 Å². The highest BCUT2D eigenvalue weighted by atomic mass is 32.1. The largest absolute Gasteiger partial charge is 0.293 e. The standard InChI is InChI=1S/C15H22OS/c1-4-12-5-6-17-15(12)14(16)13-8-10(2)7-11(3)9-13/h5-6,10-11,13H,4,7-9H2,1-3H3. The fourth-order valence-corrected chi connectivity index (χ4v) is 4.19. The molecule has 1 aromatic heterocycles. The van der Waals surface area contributed by atoms with Crippen LogP contribution in [-0.4, -0.2) is 5.78 Å². The third-order valence-corrected chi connectivity index (χ3v) is 4.87. The van der Waals surface area contributed by atoms with Gasteiger partial charge in [-0.3, -0.25) is 4.79 Å². The predicted octanol–water partition coefficient (Wildman–Crippen LogP) is 4.57. The molecule has 0 aliphatic heterocycles. The van der Waals surface area contributed by atoms with Crippen LogP contribution >= 0.6 is 11.3 Å². The Bertz CT molecular complexity index is 383. The number of ketones is 1. The molecular weight excluding hydrogens is 228 g/mol. The highest BCUT2D eigenvalue weighted by Gasteiger charge is 2.30. The molecule has 0 saturated heterocycles. The van der Waals surface area contributed by atoms with E-state index < -0.39 is 0 Å². The highest BCUT2D eigenvalue weighted by Crippen LogP contribution is 2.36. The van der Waals surface area contributed by atoms with Gasteiger partial charge in [-0.1, -0.05) is 20.8 Å². The minimum absolute atomic E-state index is 0.276. The number of aryl methyl sites for hydroxylation is 1. The van der Waals surface area contributed by atoms with E-state index in [1.807, 2.05) is 0 Å². The second-order valence-electron chi connectivity index (χ2n) is 5.61. The SMILES string of the molecule is CCc1ccsc1C(=O)C1CC(C)CC(C)C1. The molecule has 2 unspecified atom stereocenters. The molecular formula is C15H22OS. The van der Waals surface area contributed by atoms with Gasteiger partial charge in [0, 0.05) is 5.92 Å². The van der Waals surface area contributed by atoms with Gasteiger partial charge in [0.2, 0.25) is 0 Å². The summed E-state index contributed by atoms with van der Waals surface area (Å²) in [5, 5.41) is 2.06. The zero-order valence-electron chi connectivity index (χ0n) is 11.0. The zero-order chi connectivity index (χ0) is 12.4. The van der Waals surface area contributed by atoms with E-state index in [2.05, 4.69) is 32.2 Å². The first-order chi connectivity index (χ1) is 8.11. The van der Waals surface area contributed by atoms with Crippen molar-refractivity contribution in [2.24, 2.45) is 17.8 Å². The number of thiophene rings is 1. The normalized spacial score (nSPS) is 29.2. The molecule has 2 heteroatoms. The maximum absolute atomic E-state index is 12.5. The van der Waals surface area contributed by atoms with Gasteiger partial charge in [-0.05, 0) is 54.5 Å². The molecule has 1 saturated carbocycles. The lowest BCUT2D eigenvalue weighted by atomic mass is 9.74. The number of hydrogen-bond acceptors (Lipinski definition) is 2. The van der Waals surface area contributed by atoms with Gasteiger partial charge in [-0.15, -0.1) is 11.3 Å². The lowest BCUT2D eigenvalue weighted by Gasteiger charge is -2.30. The Morgan fingerprint density at radius 2 is 1.94 bits per heavy atom. The van der Waals surface area contributed by atoms with Crippen LogP contribution in [-0.2, 0) is 6.42 Å². The van der Waals surface area contributed by atoms with Gasteiger partial charge in [0.1, 0.15) is 0 Å². The van der Waals surface area contributed by atoms with Crippen LogP contribution in [0.5, 0.6) is 0 Å². The molecule has 94 valence electrons. The van der Waals surface area contributed by atoms with Crippen LogP contribution < -0.4 is 0 Å². The molecule has 0 radical (unpaired) electrons. The Kier molecular flexibility index (Phi) is 4.03. The number of Topliss-reactive ketones (excluding diaryl/α,β-unsaturated/α-hetero) is 1. The van der Waals surface area contributed by atoms with Crippen LogP contribution in [0.4, 0.5) is 0 Å². The van der Waals surface area contributed by atoms with Gasteiger partial charge in [-0.2, -0.15) is 0 Å². The molecule has 1 aliphatic rings. The smallest absolute Gasteiger partial charge is 0.176 e. The number of rotatable bonds is 3. The molecule has 0 aromatic carbocycles. The topological polar surface area (TPSA) is 17.1 Å². The molecule has 1 aromatic rings. The van der Waals surface area contributed by atoms with E-state index in [0.717, 1.165) is 24.1 Å². The van der Waals surface area contributed by atoms with Crippen LogP contribution in [0.25, 0.3) is 0 Å². The highest BCUT2D eigenvalue weighted by molar-refractivity contribution is 7.12. The summed E-state index contributed by atoms with van der Waals surface area (Å²) in [6, 6.07) is 2.10. The Balaban J connectivity index is 2.14. The average Bonchev–Trinajstić information content (AvgIpc) is 2.74. The molecule has 17 heavy (non-hydrogen) atoms. The molecule has 2 rings (SSSR count). The number of carbonyl (C=O) groups excluding carboxylic acids is 1. The Morgan fingerprint density at radius 3 is 2.53 bits per heavy atom. The molecule has 0 N–H and O–H groups in total. The van der Waals surface area contributed by atoms with E-state index in [-0.39, 0.29) is 5.92 Å². The Morgan fingerprint density at radius 1 is 1.29 bits per heavy atom. The molecule has 0 amide bonds. The zero-order valence-corrected chi connectivity index (χ0v) is 11.8. The molecule has 2 atom stereocenters. The first-order valence-corrected chi connectivity index (χ1v) is 7.60. The quantitative estimate of drug-likeness (QED) is 0.718. The van der Waals surface area contributed by atoms with E-state index in [9.17, 15) is 4.79 Å². The van der Waals surface area contributed by atoms with Crippen LogP contribution in [0.2, 0.25) is 0 Å². The van der Waals surface area contributed by atoms with Crippen molar-refractivity contribution >= 4 is 17.1 Å². The molecule has 1 aliphatic carbocycles. The lowest BCUT2D eigenvalue weighted by molar-refractivity contribution is 0.0839. The fraction of sp³-hybridized carbons (Fsp3) is 0.667. The Labute approximate surface area is 108 Å². The number of carbonyl (C=O) groups is 1. The van der Waals surface area contributed by atoms with Crippen molar-refractivity contribution in [2.75, 3.05) is 0 Å². The average molecular weight is 250 g/mol. The predicted molar refractivity (Wildman–Crippen MR) is 73.7 cm³/mol. The van der Waals surface area contributed by atoms with E-state index in [4.69, 9.17) is 0 Å². The fourth-order valence-electron chi connectivity index (χ4n) is 3.18. The summed E-state index contributed by atoms with van der Waals surface area (Å²) in [5.74, 6) is 2.10. The van der Waals surface area contributed by atoms with Crippen molar-refractivity contribution in [3.8, 4) is 0 Å². The summed E-state index contributed by atoms with van der Waals surface area (Å²) in [4.78, 5) is 13.6. The monoisotopic (exact) mass is 250 g/mol. The minimum Gasteiger partial charge on any atom is -0.293 e. The van der Waals surface area contributed by atoms with Crippen LogP contribution in [0.3, 0.4) is 0 Å². The van der Waals surface area contributed by atoms with Crippen molar-refractivity contribution in [3.05, 3.63) is 21.9 Å². The summed E-state index contributed by atoms with van der Waals surface area (Å²) in [6.45, 7) is 6.70. The minimum atomic E-state index is 0.276. The maximum Gasteiger partial charge on any atom is 0.176 e. The van der Waals surface area contributed by atoms with Gasteiger partial charge in [0.25, 0.3) is 0 Å². The summed E-state index contributed by atoms with van der Waals surface area (Å²) >= 11 is 1.63. The third-order valence-electron chi connectivity index (χ3n) is 3.90. The van der Waals surface area contributed by atoms with Crippen molar-refractivity contribution < 1.29 is 4.79 Å². The van der Waals surface area contributed by atoms with Gasteiger partial charge >= 0.3 is 0 Å². The second kappa shape index (κ2) is 5.34. The van der Waals surface area contributed by atoms with Gasteiger partial charge in [-0.25, -0.2) is 0 Å². The van der Waals surface area contributed by atoms with Gasteiger partial charge in [0.05, 0.1) is 4.88 Å². The van der Waals surface area contributed by atoms with Crippen molar-refractivity contribution in [3.63, 3.8) is 0 Å². The first kappa shape index (κ1) is 12.8. The molecule has 1 nitrogen and oxygen atoms in total. The van der Waals surface area contributed by atoms with E-state index in [1.165, 1.54) is 12.0 Å².